The van der Waals surface area contributed by atoms with Gasteiger partial charge in [-0.2, -0.15) is 0 Å². The van der Waals surface area contributed by atoms with Gasteiger partial charge in [-0.05, 0) is 25.1 Å². The lowest BCUT2D eigenvalue weighted by atomic mass is 10.3. The molecule has 0 saturated heterocycles. The van der Waals surface area contributed by atoms with Crippen LogP contribution in [0.4, 0.5) is 11.4 Å². The van der Waals surface area contributed by atoms with Gasteiger partial charge in [0.15, 0.2) is 6.61 Å². The lowest BCUT2D eigenvalue weighted by Crippen LogP contribution is -2.21. The minimum Gasteiger partial charge on any atom is -0.452 e. The Morgan fingerprint density at radius 2 is 2.18 bits per heavy atom. The van der Waals surface area contributed by atoms with E-state index in [0.717, 1.165) is 0 Å². The van der Waals surface area contributed by atoms with Crippen LogP contribution in [0.25, 0.3) is 0 Å². The van der Waals surface area contributed by atoms with Gasteiger partial charge in [0.2, 0.25) is 0 Å². The SMILES string of the molecule is C=C(C)C(=O)OCC(=O)Nc1cccc(N)c1. The van der Waals surface area contributed by atoms with Gasteiger partial charge in [-0.15, -0.1) is 0 Å². The molecule has 1 rings (SSSR count). The smallest absolute Gasteiger partial charge is 0.333 e. The molecule has 0 atom stereocenters. The first-order valence-corrected chi connectivity index (χ1v) is 4.97. The number of ether oxygens (including phenoxy) is 1. The number of benzene rings is 1. The average Bonchev–Trinajstić information content (AvgIpc) is 2.25. The molecule has 0 radical (unpaired) electrons. The number of anilines is 2. The summed E-state index contributed by atoms with van der Waals surface area (Å²) in [6, 6.07) is 6.72. The van der Waals surface area contributed by atoms with Gasteiger partial charge in [0.25, 0.3) is 5.91 Å². The largest absolute Gasteiger partial charge is 0.452 e. The Kier molecular flexibility index (Phi) is 4.28. The molecule has 5 nitrogen and oxygen atoms in total. The number of carbonyl (C=O) groups excluding carboxylic acids is 2. The minimum absolute atomic E-state index is 0.252. The van der Waals surface area contributed by atoms with E-state index in [-0.39, 0.29) is 12.2 Å². The van der Waals surface area contributed by atoms with Gasteiger partial charge in [-0.3, -0.25) is 4.79 Å². The van der Waals surface area contributed by atoms with E-state index in [4.69, 9.17) is 5.73 Å². The fraction of sp³-hybridized carbons (Fsp3) is 0.167. The normalized spacial score (nSPS) is 9.47. The predicted molar refractivity (Wildman–Crippen MR) is 65.3 cm³/mol. The molecule has 3 N–H and O–H groups in total. The van der Waals surface area contributed by atoms with Crippen molar-refractivity contribution in [2.45, 2.75) is 6.92 Å². The quantitative estimate of drug-likeness (QED) is 0.467. The molecule has 0 aromatic heterocycles. The van der Waals surface area contributed by atoms with Crippen molar-refractivity contribution in [3.8, 4) is 0 Å². The topological polar surface area (TPSA) is 81.4 Å². The molecule has 1 aromatic rings. The molecule has 0 unspecified atom stereocenters. The summed E-state index contributed by atoms with van der Waals surface area (Å²) >= 11 is 0. The second-order valence-electron chi connectivity index (χ2n) is 3.53. The highest BCUT2D eigenvalue weighted by molar-refractivity contribution is 5.95. The number of carbonyl (C=O) groups is 2. The van der Waals surface area contributed by atoms with E-state index in [2.05, 4.69) is 16.6 Å². The maximum absolute atomic E-state index is 11.4. The highest BCUT2D eigenvalue weighted by Gasteiger charge is 2.08. The van der Waals surface area contributed by atoms with Crippen molar-refractivity contribution in [3.05, 3.63) is 36.4 Å². The number of esters is 1. The average molecular weight is 234 g/mol. The number of nitrogens with two attached hydrogens (primary N) is 1. The van der Waals surface area contributed by atoms with Crippen molar-refractivity contribution in [1.82, 2.24) is 0 Å². The van der Waals surface area contributed by atoms with Gasteiger partial charge < -0.3 is 15.8 Å². The number of rotatable bonds is 4. The zero-order valence-corrected chi connectivity index (χ0v) is 9.53. The summed E-state index contributed by atoms with van der Waals surface area (Å²) in [6.07, 6.45) is 0. The number of hydrogen-bond donors (Lipinski definition) is 2. The number of amides is 1. The molecule has 0 aliphatic rings. The molecule has 0 saturated carbocycles. The van der Waals surface area contributed by atoms with Gasteiger partial charge in [0.1, 0.15) is 0 Å². The molecule has 17 heavy (non-hydrogen) atoms. The molecule has 0 heterocycles. The van der Waals surface area contributed by atoms with Crippen LogP contribution in [0.3, 0.4) is 0 Å². The monoisotopic (exact) mass is 234 g/mol. The highest BCUT2D eigenvalue weighted by atomic mass is 16.5. The zero-order valence-electron chi connectivity index (χ0n) is 9.53. The highest BCUT2D eigenvalue weighted by Crippen LogP contribution is 2.11. The fourth-order valence-electron chi connectivity index (χ4n) is 1.07. The summed E-state index contributed by atoms with van der Waals surface area (Å²) in [4.78, 5) is 22.4. The van der Waals surface area contributed by atoms with E-state index in [1.165, 1.54) is 6.92 Å². The lowest BCUT2D eigenvalue weighted by Gasteiger charge is -2.06. The molecule has 1 aromatic carbocycles. The fourth-order valence-corrected chi connectivity index (χ4v) is 1.07. The van der Waals surface area contributed by atoms with Crippen molar-refractivity contribution in [3.63, 3.8) is 0 Å². The van der Waals surface area contributed by atoms with E-state index in [1.807, 2.05) is 0 Å². The zero-order chi connectivity index (χ0) is 12.8. The van der Waals surface area contributed by atoms with Gasteiger partial charge in [0.05, 0.1) is 0 Å². The van der Waals surface area contributed by atoms with Gasteiger partial charge in [0, 0.05) is 16.9 Å². The Hall–Kier alpha value is -2.30. The van der Waals surface area contributed by atoms with Crippen molar-refractivity contribution in [2.24, 2.45) is 0 Å². The molecule has 90 valence electrons. The second-order valence-corrected chi connectivity index (χ2v) is 3.53. The van der Waals surface area contributed by atoms with Gasteiger partial charge >= 0.3 is 5.97 Å². The van der Waals surface area contributed by atoms with E-state index in [1.54, 1.807) is 24.3 Å². The minimum atomic E-state index is -0.590. The van der Waals surface area contributed by atoms with Crippen LogP contribution in [0.2, 0.25) is 0 Å². The Morgan fingerprint density at radius 3 is 2.76 bits per heavy atom. The van der Waals surface area contributed by atoms with E-state index >= 15 is 0 Å². The maximum atomic E-state index is 11.4. The molecule has 0 fully saturated rings. The van der Waals surface area contributed by atoms with Crippen molar-refractivity contribution in [1.29, 1.82) is 0 Å². The number of hydrogen-bond acceptors (Lipinski definition) is 4. The molecule has 1 amide bonds. The molecule has 0 aliphatic heterocycles. The summed E-state index contributed by atoms with van der Waals surface area (Å²) in [6.45, 7) is 4.57. The van der Waals surface area contributed by atoms with Crippen molar-refractivity contribution < 1.29 is 14.3 Å². The standard InChI is InChI=1S/C12H14N2O3/c1-8(2)12(16)17-7-11(15)14-10-5-3-4-9(13)6-10/h3-6H,1,7,13H2,2H3,(H,14,15). The molecular weight excluding hydrogens is 220 g/mol. The first kappa shape index (κ1) is 12.8. The third kappa shape index (κ3) is 4.38. The molecule has 0 bridgehead atoms. The molecular formula is C12H14N2O3. The lowest BCUT2D eigenvalue weighted by molar-refractivity contribution is -0.143. The Morgan fingerprint density at radius 1 is 1.47 bits per heavy atom. The van der Waals surface area contributed by atoms with Crippen LogP contribution in [-0.4, -0.2) is 18.5 Å². The summed E-state index contributed by atoms with van der Waals surface area (Å²) in [5.41, 5.74) is 6.90. The summed E-state index contributed by atoms with van der Waals surface area (Å²) in [5, 5.41) is 2.55. The van der Waals surface area contributed by atoms with Crippen LogP contribution < -0.4 is 11.1 Å². The molecule has 5 heteroatoms. The number of nitrogen functional groups attached to an aromatic ring is 1. The van der Waals surface area contributed by atoms with Crippen LogP contribution >= 0.6 is 0 Å². The maximum Gasteiger partial charge on any atom is 0.333 e. The predicted octanol–water partition coefficient (Wildman–Crippen LogP) is 1.33. The van der Waals surface area contributed by atoms with Gasteiger partial charge in [-0.25, -0.2) is 4.79 Å². The molecule has 0 spiro atoms. The Bertz CT molecular complexity index is 455. The van der Waals surface area contributed by atoms with Crippen LogP contribution in [0.15, 0.2) is 36.4 Å². The Balaban J connectivity index is 2.45. The van der Waals surface area contributed by atoms with E-state index < -0.39 is 11.9 Å². The van der Waals surface area contributed by atoms with Crippen LogP contribution in [0.5, 0.6) is 0 Å². The van der Waals surface area contributed by atoms with Crippen LogP contribution in [0.1, 0.15) is 6.92 Å². The Labute approximate surface area is 99.3 Å². The molecule has 0 aliphatic carbocycles. The first-order chi connectivity index (χ1) is 7.99. The van der Waals surface area contributed by atoms with E-state index in [0.29, 0.717) is 11.4 Å². The summed E-state index contributed by atoms with van der Waals surface area (Å²) in [7, 11) is 0. The van der Waals surface area contributed by atoms with E-state index in [9.17, 15) is 9.59 Å². The van der Waals surface area contributed by atoms with Gasteiger partial charge in [-0.1, -0.05) is 12.6 Å². The second kappa shape index (κ2) is 5.69. The third-order valence-electron chi connectivity index (χ3n) is 1.85. The first-order valence-electron chi connectivity index (χ1n) is 4.97. The number of nitrogens with one attached hydrogen (secondary N) is 1. The van der Waals surface area contributed by atoms with Crippen molar-refractivity contribution >= 4 is 23.3 Å². The third-order valence-corrected chi connectivity index (χ3v) is 1.85. The van der Waals surface area contributed by atoms with Crippen LogP contribution in [0, 0.1) is 0 Å². The van der Waals surface area contributed by atoms with Crippen LogP contribution in [-0.2, 0) is 14.3 Å². The summed E-state index contributed by atoms with van der Waals surface area (Å²) < 4.78 is 4.69. The summed E-state index contributed by atoms with van der Waals surface area (Å²) in [5.74, 6) is -1.02. The van der Waals surface area contributed by atoms with Crippen molar-refractivity contribution in [2.75, 3.05) is 17.7 Å².